The summed E-state index contributed by atoms with van der Waals surface area (Å²) in [7, 11) is -1.52. The lowest BCUT2D eigenvalue weighted by atomic mass is 9.77. The van der Waals surface area contributed by atoms with Crippen LogP contribution in [0.3, 0.4) is 0 Å². The molecule has 0 amide bonds. The second-order valence-corrected chi connectivity index (χ2v) is 3.74. The fourth-order valence-electron chi connectivity index (χ4n) is 1.70. The Labute approximate surface area is 98.9 Å². The molecule has 0 unspecified atom stereocenters. The number of benzene rings is 1. The van der Waals surface area contributed by atoms with E-state index in [1.54, 1.807) is 42.6 Å². The van der Waals surface area contributed by atoms with Gasteiger partial charge >= 0.3 is 7.12 Å². The van der Waals surface area contributed by atoms with Crippen molar-refractivity contribution in [3.05, 3.63) is 64.6 Å². The molecule has 2 aromatic rings. The quantitative estimate of drug-likeness (QED) is 0.702. The third kappa shape index (κ3) is 2.64. The van der Waals surface area contributed by atoms with Crippen LogP contribution in [0.1, 0.15) is 5.56 Å². The monoisotopic (exact) mass is 229 g/mol. The molecule has 86 valence electrons. The minimum atomic E-state index is -1.52. The molecule has 2 N–H and O–H groups in total. The summed E-state index contributed by atoms with van der Waals surface area (Å²) < 4.78 is 1.52. The molecule has 0 bridgehead atoms. The first-order valence-corrected chi connectivity index (χ1v) is 5.28. The topological polar surface area (TPSA) is 62.5 Å². The van der Waals surface area contributed by atoms with E-state index in [1.807, 2.05) is 0 Å². The van der Waals surface area contributed by atoms with Gasteiger partial charge in [0.1, 0.15) is 0 Å². The Kier molecular flexibility index (Phi) is 3.42. The molecular weight excluding hydrogens is 217 g/mol. The number of rotatable bonds is 3. The second kappa shape index (κ2) is 4.99. The normalized spacial score (nSPS) is 10.2. The Balaban J connectivity index is 2.37. The van der Waals surface area contributed by atoms with Crippen molar-refractivity contribution in [1.82, 2.24) is 4.57 Å². The molecule has 4 nitrogen and oxygen atoms in total. The molecule has 2 rings (SSSR count). The zero-order chi connectivity index (χ0) is 12.3. The van der Waals surface area contributed by atoms with E-state index in [0.717, 1.165) is 5.56 Å². The van der Waals surface area contributed by atoms with Gasteiger partial charge in [0.2, 0.25) is 0 Å². The van der Waals surface area contributed by atoms with E-state index in [9.17, 15) is 14.8 Å². The average Bonchev–Trinajstić information content (AvgIpc) is 2.32. The molecule has 0 saturated carbocycles. The van der Waals surface area contributed by atoms with Crippen molar-refractivity contribution >= 4 is 12.6 Å². The Bertz CT molecular complexity index is 565. The summed E-state index contributed by atoms with van der Waals surface area (Å²) in [6.07, 6.45) is 1.67. The van der Waals surface area contributed by atoms with Crippen LogP contribution in [-0.4, -0.2) is 21.7 Å². The zero-order valence-electron chi connectivity index (χ0n) is 9.15. The van der Waals surface area contributed by atoms with Gasteiger partial charge in [0.05, 0.1) is 6.54 Å². The molecule has 1 aromatic carbocycles. The van der Waals surface area contributed by atoms with Gasteiger partial charge in [0, 0.05) is 12.3 Å². The molecular formula is C12H12BNO3. The first kappa shape index (κ1) is 11.6. The van der Waals surface area contributed by atoms with Crippen molar-refractivity contribution in [2.24, 2.45) is 0 Å². The zero-order valence-corrected chi connectivity index (χ0v) is 9.15. The standard InChI is InChI=1S/C12H12BNO3/c15-12-7-3-4-8-14(12)9-10-5-1-2-6-11(10)13(16)17/h1-8,16-17H,9H2. The Morgan fingerprint density at radius 1 is 1.06 bits per heavy atom. The lowest BCUT2D eigenvalue weighted by Gasteiger charge is -2.10. The number of pyridine rings is 1. The van der Waals surface area contributed by atoms with Crippen molar-refractivity contribution in [1.29, 1.82) is 0 Å². The van der Waals surface area contributed by atoms with Gasteiger partial charge in [-0.25, -0.2) is 0 Å². The van der Waals surface area contributed by atoms with Crippen LogP contribution >= 0.6 is 0 Å². The molecule has 0 spiro atoms. The first-order valence-electron chi connectivity index (χ1n) is 5.28. The highest BCUT2D eigenvalue weighted by atomic mass is 16.4. The predicted molar refractivity (Wildman–Crippen MR) is 66.1 cm³/mol. The molecule has 17 heavy (non-hydrogen) atoms. The van der Waals surface area contributed by atoms with Crippen LogP contribution in [0.25, 0.3) is 0 Å². The lowest BCUT2D eigenvalue weighted by molar-refractivity contribution is 0.425. The molecule has 0 fully saturated rings. The van der Waals surface area contributed by atoms with Crippen molar-refractivity contribution in [3.8, 4) is 0 Å². The number of aromatic nitrogens is 1. The van der Waals surface area contributed by atoms with E-state index in [1.165, 1.54) is 10.6 Å². The minimum absolute atomic E-state index is 0.116. The third-order valence-corrected chi connectivity index (χ3v) is 2.57. The maximum absolute atomic E-state index is 11.5. The highest BCUT2D eigenvalue weighted by molar-refractivity contribution is 6.59. The van der Waals surface area contributed by atoms with E-state index in [2.05, 4.69) is 0 Å². The van der Waals surface area contributed by atoms with Crippen molar-refractivity contribution in [2.75, 3.05) is 0 Å². The molecule has 1 aromatic heterocycles. The van der Waals surface area contributed by atoms with Gasteiger partial charge in [-0.3, -0.25) is 4.79 Å². The molecule has 5 heteroatoms. The third-order valence-electron chi connectivity index (χ3n) is 2.57. The van der Waals surface area contributed by atoms with Crippen LogP contribution in [0.4, 0.5) is 0 Å². The van der Waals surface area contributed by atoms with Crippen molar-refractivity contribution < 1.29 is 10.0 Å². The summed E-state index contributed by atoms with van der Waals surface area (Å²) in [5.74, 6) is 0. The predicted octanol–water partition coefficient (Wildman–Crippen LogP) is -0.424. The van der Waals surface area contributed by atoms with Gasteiger partial charge in [-0.05, 0) is 17.1 Å². The van der Waals surface area contributed by atoms with Crippen LogP contribution in [0.15, 0.2) is 53.5 Å². The molecule has 0 aliphatic carbocycles. The maximum atomic E-state index is 11.5. The number of nitrogens with zero attached hydrogens (tertiary/aromatic N) is 1. The van der Waals surface area contributed by atoms with Gasteiger partial charge in [0.25, 0.3) is 5.56 Å². The van der Waals surface area contributed by atoms with E-state index in [-0.39, 0.29) is 5.56 Å². The Hall–Kier alpha value is -1.85. The highest BCUT2D eigenvalue weighted by Crippen LogP contribution is 1.99. The summed E-state index contributed by atoms with van der Waals surface area (Å²) in [6, 6.07) is 11.8. The SMILES string of the molecule is O=c1ccccn1Cc1ccccc1B(O)O. The Morgan fingerprint density at radius 2 is 1.76 bits per heavy atom. The van der Waals surface area contributed by atoms with Crippen LogP contribution in [-0.2, 0) is 6.54 Å². The van der Waals surface area contributed by atoms with E-state index < -0.39 is 7.12 Å². The summed E-state index contributed by atoms with van der Waals surface area (Å²) in [4.78, 5) is 11.5. The molecule has 1 heterocycles. The van der Waals surface area contributed by atoms with Crippen LogP contribution in [0, 0.1) is 0 Å². The summed E-state index contributed by atoms with van der Waals surface area (Å²) in [5.41, 5.74) is 1.02. The molecule has 0 aliphatic rings. The fraction of sp³-hybridized carbons (Fsp3) is 0.0833. The molecule has 0 saturated heterocycles. The maximum Gasteiger partial charge on any atom is 0.488 e. The van der Waals surface area contributed by atoms with Crippen LogP contribution < -0.4 is 11.0 Å². The van der Waals surface area contributed by atoms with E-state index in [0.29, 0.717) is 12.0 Å². The molecule has 0 radical (unpaired) electrons. The first-order chi connectivity index (χ1) is 8.18. The Morgan fingerprint density at radius 3 is 2.47 bits per heavy atom. The largest absolute Gasteiger partial charge is 0.488 e. The number of hydrogen-bond donors (Lipinski definition) is 2. The van der Waals surface area contributed by atoms with Gasteiger partial charge in [-0.1, -0.05) is 30.3 Å². The van der Waals surface area contributed by atoms with Gasteiger partial charge < -0.3 is 14.6 Å². The van der Waals surface area contributed by atoms with Crippen LogP contribution in [0.5, 0.6) is 0 Å². The summed E-state index contributed by atoms with van der Waals surface area (Å²) >= 11 is 0. The second-order valence-electron chi connectivity index (χ2n) is 3.74. The lowest BCUT2D eigenvalue weighted by Crippen LogP contribution is -2.34. The molecule has 0 atom stereocenters. The van der Waals surface area contributed by atoms with Gasteiger partial charge in [0.15, 0.2) is 0 Å². The average molecular weight is 229 g/mol. The van der Waals surface area contributed by atoms with Crippen molar-refractivity contribution in [3.63, 3.8) is 0 Å². The van der Waals surface area contributed by atoms with E-state index >= 15 is 0 Å². The minimum Gasteiger partial charge on any atom is -0.423 e. The highest BCUT2D eigenvalue weighted by Gasteiger charge is 2.15. The van der Waals surface area contributed by atoms with E-state index in [4.69, 9.17) is 0 Å². The van der Waals surface area contributed by atoms with Gasteiger partial charge in [-0.15, -0.1) is 0 Å². The molecule has 0 aliphatic heterocycles. The van der Waals surface area contributed by atoms with Gasteiger partial charge in [-0.2, -0.15) is 0 Å². The number of hydrogen-bond acceptors (Lipinski definition) is 3. The smallest absolute Gasteiger partial charge is 0.423 e. The van der Waals surface area contributed by atoms with Crippen molar-refractivity contribution in [2.45, 2.75) is 6.54 Å². The summed E-state index contributed by atoms with van der Waals surface area (Å²) in [6.45, 7) is 0.327. The van der Waals surface area contributed by atoms with Crippen LogP contribution in [0.2, 0.25) is 0 Å². The summed E-state index contributed by atoms with van der Waals surface area (Å²) in [5, 5.41) is 18.4. The fourth-order valence-corrected chi connectivity index (χ4v) is 1.70.